The Bertz CT molecular complexity index is 686. The number of primary amides is 1. The van der Waals surface area contributed by atoms with Crippen LogP contribution in [0.5, 0.6) is 0 Å². The standard InChI is InChI=1S/C9H17NO3.C9H16O4.C9H14O3/c2*1-6(2)3-7(4-8(10)11)5-9(12)13;1-6(2)3-7-4-8(10)12-9(11)5-7/h6-7H,3-5H2,1-2H3,(H2,10,11)(H,12,13);6-7H,3-5H2,1-2H3,(H,10,11)(H,12,13);6-7H,3-5H2,1-2H3. The molecule has 0 aromatic rings. The fraction of sp³-hybridized carbons (Fsp3) is 0.778. The number of esters is 2. The number of rotatable bonds is 14. The Balaban J connectivity index is 0. The van der Waals surface area contributed by atoms with Crippen molar-refractivity contribution in [3.8, 4) is 0 Å². The van der Waals surface area contributed by atoms with Crippen molar-refractivity contribution >= 4 is 35.8 Å². The third kappa shape index (κ3) is 24.7. The van der Waals surface area contributed by atoms with E-state index >= 15 is 0 Å². The largest absolute Gasteiger partial charge is 0.481 e. The first-order valence-electron chi connectivity index (χ1n) is 13.1. The van der Waals surface area contributed by atoms with Crippen LogP contribution < -0.4 is 5.73 Å². The number of carboxylic acids is 3. The molecule has 0 aromatic heterocycles. The van der Waals surface area contributed by atoms with E-state index in [1.807, 2.05) is 27.7 Å². The second kappa shape index (κ2) is 20.0. The molecule has 0 saturated carbocycles. The topological polar surface area (TPSA) is 198 Å². The number of nitrogens with two attached hydrogens (primary N) is 1. The van der Waals surface area contributed by atoms with Crippen LogP contribution in [-0.4, -0.2) is 51.1 Å². The van der Waals surface area contributed by atoms with Crippen LogP contribution in [0.25, 0.3) is 0 Å². The molecule has 0 radical (unpaired) electrons. The summed E-state index contributed by atoms with van der Waals surface area (Å²) in [7, 11) is 0. The van der Waals surface area contributed by atoms with E-state index in [0.717, 1.165) is 12.8 Å². The van der Waals surface area contributed by atoms with E-state index in [4.69, 9.17) is 21.1 Å². The Morgan fingerprint density at radius 1 is 0.711 bits per heavy atom. The molecule has 0 spiro atoms. The highest BCUT2D eigenvalue weighted by Gasteiger charge is 2.27. The van der Waals surface area contributed by atoms with Crippen LogP contribution in [0.3, 0.4) is 0 Å². The van der Waals surface area contributed by atoms with Crippen molar-refractivity contribution in [3.05, 3.63) is 0 Å². The molecule has 0 bridgehead atoms. The lowest BCUT2D eigenvalue weighted by molar-refractivity contribution is -0.165. The normalized spacial score (nSPS) is 14.4. The Hall–Kier alpha value is -2.98. The molecule has 38 heavy (non-hydrogen) atoms. The highest BCUT2D eigenvalue weighted by molar-refractivity contribution is 5.88. The Morgan fingerprint density at radius 2 is 1.05 bits per heavy atom. The van der Waals surface area contributed by atoms with Gasteiger partial charge in [0.25, 0.3) is 0 Å². The number of cyclic esters (lactones) is 2. The first-order valence-corrected chi connectivity index (χ1v) is 13.1. The van der Waals surface area contributed by atoms with Gasteiger partial charge in [-0.2, -0.15) is 0 Å². The molecule has 5 N–H and O–H groups in total. The smallest absolute Gasteiger partial charge is 0.313 e. The average Bonchev–Trinajstić information content (AvgIpc) is 2.64. The SMILES string of the molecule is CC(C)CC(CC(=O)O)CC(=O)O.CC(C)CC(CC(N)=O)CC(=O)O.CC(C)CC1CC(=O)OC(=O)C1. The minimum absolute atomic E-state index is 0.0289. The lowest BCUT2D eigenvalue weighted by Gasteiger charge is -2.20. The van der Waals surface area contributed by atoms with Crippen LogP contribution >= 0.6 is 0 Å². The molecular weight excluding hydrogens is 498 g/mol. The molecule has 1 heterocycles. The summed E-state index contributed by atoms with van der Waals surface area (Å²) in [5, 5.41) is 25.6. The highest BCUT2D eigenvalue weighted by atomic mass is 16.6. The summed E-state index contributed by atoms with van der Waals surface area (Å²) in [6, 6.07) is 0. The summed E-state index contributed by atoms with van der Waals surface area (Å²) >= 11 is 0. The Kier molecular flexibility index (Phi) is 19.6. The number of amides is 1. The first-order chi connectivity index (χ1) is 17.4. The maximum Gasteiger partial charge on any atom is 0.313 e. The summed E-state index contributed by atoms with van der Waals surface area (Å²) in [4.78, 5) is 63.4. The van der Waals surface area contributed by atoms with Gasteiger partial charge in [-0.3, -0.25) is 28.8 Å². The van der Waals surface area contributed by atoms with Crippen LogP contribution in [0.2, 0.25) is 0 Å². The van der Waals surface area contributed by atoms with Gasteiger partial charge in [0.15, 0.2) is 0 Å². The van der Waals surface area contributed by atoms with Crippen molar-refractivity contribution in [2.75, 3.05) is 0 Å². The van der Waals surface area contributed by atoms with Crippen LogP contribution in [0.4, 0.5) is 0 Å². The van der Waals surface area contributed by atoms with Gasteiger partial charge >= 0.3 is 29.8 Å². The van der Waals surface area contributed by atoms with Gasteiger partial charge in [0.1, 0.15) is 0 Å². The lowest BCUT2D eigenvalue weighted by Crippen LogP contribution is -2.26. The second-order valence-corrected chi connectivity index (χ2v) is 11.2. The van der Waals surface area contributed by atoms with E-state index in [-0.39, 0.29) is 55.4 Å². The number of ether oxygens (including phenoxy) is 1. The quantitative estimate of drug-likeness (QED) is 0.182. The zero-order chi connectivity index (χ0) is 30.0. The fourth-order valence-electron chi connectivity index (χ4n) is 4.42. The van der Waals surface area contributed by atoms with Gasteiger partial charge in [0.2, 0.25) is 5.91 Å². The van der Waals surface area contributed by atoms with Crippen LogP contribution in [0.15, 0.2) is 0 Å². The molecular formula is C27H47NO10. The van der Waals surface area contributed by atoms with Gasteiger partial charge in [-0.15, -0.1) is 0 Å². The van der Waals surface area contributed by atoms with Gasteiger partial charge in [-0.05, 0) is 54.8 Å². The predicted molar refractivity (Wildman–Crippen MR) is 140 cm³/mol. The van der Waals surface area contributed by atoms with Crippen molar-refractivity contribution in [1.29, 1.82) is 0 Å². The Labute approximate surface area is 225 Å². The van der Waals surface area contributed by atoms with Crippen molar-refractivity contribution in [2.45, 2.75) is 99.3 Å². The molecule has 1 atom stereocenters. The van der Waals surface area contributed by atoms with Crippen LogP contribution in [0.1, 0.15) is 99.3 Å². The fourth-order valence-corrected chi connectivity index (χ4v) is 4.42. The third-order valence-corrected chi connectivity index (χ3v) is 5.43. The van der Waals surface area contributed by atoms with E-state index in [0.29, 0.717) is 37.0 Å². The Morgan fingerprint density at radius 3 is 1.32 bits per heavy atom. The highest BCUT2D eigenvalue weighted by Crippen LogP contribution is 2.24. The average molecular weight is 546 g/mol. The predicted octanol–water partition coefficient (Wildman–Crippen LogP) is 4.11. The summed E-state index contributed by atoms with van der Waals surface area (Å²) in [6.07, 6.45) is 3.23. The molecule has 1 amide bonds. The van der Waals surface area contributed by atoms with Crippen molar-refractivity contribution in [1.82, 2.24) is 0 Å². The van der Waals surface area contributed by atoms with E-state index < -0.39 is 23.8 Å². The summed E-state index contributed by atoms with van der Waals surface area (Å²) in [5.41, 5.74) is 5.01. The van der Waals surface area contributed by atoms with Gasteiger partial charge in [0.05, 0.1) is 0 Å². The van der Waals surface area contributed by atoms with E-state index in [9.17, 15) is 28.8 Å². The molecule has 1 saturated heterocycles. The number of carbonyl (C=O) groups is 6. The molecule has 0 aromatic carbocycles. The van der Waals surface area contributed by atoms with Gasteiger partial charge in [-0.25, -0.2) is 0 Å². The van der Waals surface area contributed by atoms with E-state index in [1.54, 1.807) is 0 Å². The number of aliphatic carboxylic acids is 3. The molecule has 1 unspecified atom stereocenters. The molecule has 1 aliphatic heterocycles. The van der Waals surface area contributed by atoms with Crippen LogP contribution in [-0.2, 0) is 33.5 Å². The number of hydrogen-bond donors (Lipinski definition) is 4. The molecule has 1 rings (SSSR count). The minimum atomic E-state index is -0.924. The summed E-state index contributed by atoms with van der Waals surface area (Å²) in [6.45, 7) is 12.1. The third-order valence-electron chi connectivity index (χ3n) is 5.43. The molecule has 1 fully saturated rings. The van der Waals surface area contributed by atoms with Gasteiger partial charge in [0, 0.05) is 38.5 Å². The zero-order valence-corrected chi connectivity index (χ0v) is 23.6. The van der Waals surface area contributed by atoms with Crippen molar-refractivity contribution in [3.63, 3.8) is 0 Å². The number of carbonyl (C=O) groups excluding carboxylic acids is 3. The zero-order valence-electron chi connectivity index (χ0n) is 23.6. The molecule has 1 aliphatic rings. The van der Waals surface area contributed by atoms with Gasteiger partial charge in [-0.1, -0.05) is 41.5 Å². The summed E-state index contributed by atoms with van der Waals surface area (Å²) in [5.74, 6) is -2.75. The van der Waals surface area contributed by atoms with Gasteiger partial charge < -0.3 is 25.8 Å². The summed E-state index contributed by atoms with van der Waals surface area (Å²) < 4.78 is 4.42. The molecule has 220 valence electrons. The van der Waals surface area contributed by atoms with E-state index in [1.165, 1.54) is 0 Å². The monoisotopic (exact) mass is 545 g/mol. The first kappa shape index (κ1) is 37.2. The molecule has 11 nitrogen and oxygen atoms in total. The van der Waals surface area contributed by atoms with E-state index in [2.05, 4.69) is 18.6 Å². The maximum atomic E-state index is 10.8. The van der Waals surface area contributed by atoms with Crippen LogP contribution in [0, 0.1) is 35.5 Å². The minimum Gasteiger partial charge on any atom is -0.481 e. The second-order valence-electron chi connectivity index (χ2n) is 11.2. The van der Waals surface area contributed by atoms with Crippen molar-refractivity contribution in [2.24, 2.45) is 41.2 Å². The number of hydrogen-bond acceptors (Lipinski definition) is 7. The number of carboxylic acid groups (broad SMARTS) is 3. The molecule has 11 heteroatoms. The van der Waals surface area contributed by atoms with Crippen molar-refractivity contribution < 1.29 is 48.8 Å². The maximum absolute atomic E-state index is 10.8. The molecule has 0 aliphatic carbocycles. The lowest BCUT2D eigenvalue weighted by atomic mass is 9.90.